The van der Waals surface area contributed by atoms with Crippen molar-refractivity contribution >= 4 is 5.69 Å². The molecule has 0 aliphatic rings. The number of aromatic nitrogens is 2. The van der Waals surface area contributed by atoms with Gasteiger partial charge in [-0.25, -0.2) is 0 Å². The van der Waals surface area contributed by atoms with Gasteiger partial charge in [-0.15, -0.1) is 0 Å². The lowest BCUT2D eigenvalue weighted by molar-refractivity contribution is 0.180. The van der Waals surface area contributed by atoms with E-state index in [-0.39, 0.29) is 6.10 Å². The first-order valence-electron chi connectivity index (χ1n) is 5.51. The van der Waals surface area contributed by atoms with Crippen LogP contribution in [-0.2, 0) is 6.42 Å². The second-order valence-electron chi connectivity index (χ2n) is 4.02. The van der Waals surface area contributed by atoms with Gasteiger partial charge in [0.05, 0.1) is 6.10 Å². The Labute approximate surface area is 99.3 Å². The van der Waals surface area contributed by atoms with Crippen molar-refractivity contribution in [2.24, 2.45) is 0 Å². The molecule has 0 fully saturated rings. The molecule has 5 nitrogen and oxygen atoms in total. The molecule has 0 aliphatic heterocycles. The van der Waals surface area contributed by atoms with Crippen molar-refractivity contribution in [1.82, 2.24) is 10.1 Å². The molecule has 1 heterocycles. The molecule has 5 heteroatoms. The van der Waals surface area contributed by atoms with Gasteiger partial charge in [-0.1, -0.05) is 5.16 Å². The van der Waals surface area contributed by atoms with Crippen LogP contribution in [0.1, 0.15) is 19.2 Å². The minimum absolute atomic E-state index is 0.359. The lowest BCUT2D eigenvalue weighted by atomic mass is 10.2. The number of hydrogen-bond donors (Lipinski definition) is 2. The first-order chi connectivity index (χ1) is 8.15. The number of anilines is 1. The lowest BCUT2D eigenvalue weighted by Crippen LogP contribution is -2.01. The zero-order chi connectivity index (χ0) is 12.3. The molecule has 0 radical (unpaired) electrons. The Morgan fingerprint density at radius 2 is 2.06 bits per heavy atom. The fraction of sp³-hybridized carbons (Fsp3) is 0.333. The van der Waals surface area contributed by atoms with Crippen LogP contribution in [0.4, 0.5) is 5.69 Å². The summed E-state index contributed by atoms with van der Waals surface area (Å²) in [5.41, 5.74) is 7.17. The van der Waals surface area contributed by atoms with E-state index >= 15 is 0 Å². The molecule has 0 aliphatic carbocycles. The van der Waals surface area contributed by atoms with Crippen molar-refractivity contribution < 1.29 is 9.63 Å². The Hall–Kier alpha value is -1.88. The summed E-state index contributed by atoms with van der Waals surface area (Å²) in [6.07, 6.45) is 0.838. The maximum absolute atomic E-state index is 9.16. The van der Waals surface area contributed by atoms with Crippen molar-refractivity contribution in [3.63, 3.8) is 0 Å². The highest BCUT2D eigenvalue weighted by atomic mass is 16.5. The fourth-order valence-electron chi connectivity index (χ4n) is 1.44. The topological polar surface area (TPSA) is 85.2 Å². The van der Waals surface area contributed by atoms with Crippen LogP contribution in [0.2, 0.25) is 0 Å². The molecule has 1 aromatic carbocycles. The number of aliphatic hydroxyl groups excluding tert-OH is 1. The summed E-state index contributed by atoms with van der Waals surface area (Å²) in [6.45, 7) is 1.73. The van der Waals surface area contributed by atoms with Gasteiger partial charge in [-0.2, -0.15) is 4.98 Å². The van der Waals surface area contributed by atoms with Crippen LogP contribution in [0.25, 0.3) is 11.4 Å². The van der Waals surface area contributed by atoms with E-state index in [1.807, 2.05) is 12.1 Å². The Morgan fingerprint density at radius 3 is 2.71 bits per heavy atom. The van der Waals surface area contributed by atoms with Gasteiger partial charge in [-0.05, 0) is 37.6 Å². The first kappa shape index (κ1) is 11.6. The highest BCUT2D eigenvalue weighted by Crippen LogP contribution is 2.17. The molecule has 0 saturated heterocycles. The van der Waals surface area contributed by atoms with Crippen molar-refractivity contribution in [2.45, 2.75) is 25.9 Å². The number of benzene rings is 1. The lowest BCUT2D eigenvalue weighted by Gasteiger charge is -1.98. The van der Waals surface area contributed by atoms with Gasteiger partial charge >= 0.3 is 0 Å². The van der Waals surface area contributed by atoms with Crippen LogP contribution in [0.3, 0.4) is 0 Å². The van der Waals surface area contributed by atoms with Crippen LogP contribution in [-0.4, -0.2) is 21.4 Å². The standard InChI is InChI=1S/C12H15N3O2/c1-8(16)2-7-11-14-12(15-17-11)9-3-5-10(13)6-4-9/h3-6,8,16H,2,7,13H2,1H3. The van der Waals surface area contributed by atoms with Gasteiger partial charge in [0.25, 0.3) is 0 Å². The van der Waals surface area contributed by atoms with Gasteiger partial charge in [0.1, 0.15) is 0 Å². The molecule has 2 aromatic rings. The number of nitrogens with zero attached hydrogens (tertiary/aromatic N) is 2. The minimum Gasteiger partial charge on any atom is -0.399 e. The highest BCUT2D eigenvalue weighted by molar-refractivity contribution is 5.57. The Kier molecular flexibility index (Phi) is 3.39. The second kappa shape index (κ2) is 4.97. The number of rotatable bonds is 4. The molecular formula is C12H15N3O2. The molecule has 3 N–H and O–H groups in total. The molecular weight excluding hydrogens is 218 g/mol. The quantitative estimate of drug-likeness (QED) is 0.784. The van der Waals surface area contributed by atoms with Crippen molar-refractivity contribution in [2.75, 3.05) is 5.73 Å². The van der Waals surface area contributed by atoms with Crippen molar-refractivity contribution in [3.8, 4) is 11.4 Å². The number of nitrogen functional groups attached to an aromatic ring is 1. The summed E-state index contributed by atoms with van der Waals surface area (Å²) in [6, 6.07) is 7.28. The van der Waals surface area contributed by atoms with E-state index in [9.17, 15) is 0 Å². The Balaban J connectivity index is 2.10. The molecule has 0 saturated carbocycles. The Morgan fingerprint density at radius 1 is 1.35 bits per heavy atom. The molecule has 0 amide bonds. The van der Waals surface area contributed by atoms with Gasteiger partial charge in [0.2, 0.25) is 11.7 Å². The van der Waals surface area contributed by atoms with E-state index in [4.69, 9.17) is 15.4 Å². The smallest absolute Gasteiger partial charge is 0.227 e. The normalized spacial score (nSPS) is 12.6. The fourth-order valence-corrected chi connectivity index (χ4v) is 1.44. The highest BCUT2D eigenvalue weighted by Gasteiger charge is 2.09. The van der Waals surface area contributed by atoms with E-state index in [2.05, 4.69) is 10.1 Å². The molecule has 2 rings (SSSR count). The summed E-state index contributed by atoms with van der Waals surface area (Å²) in [7, 11) is 0. The summed E-state index contributed by atoms with van der Waals surface area (Å²) in [5, 5.41) is 13.0. The molecule has 0 bridgehead atoms. The molecule has 1 unspecified atom stereocenters. The van der Waals surface area contributed by atoms with E-state index in [1.165, 1.54) is 0 Å². The third-order valence-electron chi connectivity index (χ3n) is 2.41. The van der Waals surface area contributed by atoms with Crippen LogP contribution >= 0.6 is 0 Å². The van der Waals surface area contributed by atoms with E-state index < -0.39 is 0 Å². The Bertz CT molecular complexity index is 477. The minimum atomic E-state index is -0.359. The first-order valence-corrected chi connectivity index (χ1v) is 5.51. The predicted octanol–water partition coefficient (Wildman–Crippen LogP) is 1.63. The average Bonchev–Trinajstić information content (AvgIpc) is 2.76. The maximum atomic E-state index is 9.16. The second-order valence-corrected chi connectivity index (χ2v) is 4.02. The molecule has 1 atom stereocenters. The number of aryl methyl sites for hydroxylation is 1. The molecule has 1 aromatic heterocycles. The van der Waals surface area contributed by atoms with Crippen LogP contribution in [0.5, 0.6) is 0 Å². The van der Waals surface area contributed by atoms with E-state index in [0.717, 1.165) is 5.56 Å². The maximum Gasteiger partial charge on any atom is 0.227 e. The molecule has 90 valence electrons. The van der Waals surface area contributed by atoms with E-state index in [0.29, 0.717) is 30.2 Å². The average molecular weight is 233 g/mol. The molecule has 17 heavy (non-hydrogen) atoms. The van der Waals surface area contributed by atoms with Crippen molar-refractivity contribution in [1.29, 1.82) is 0 Å². The van der Waals surface area contributed by atoms with E-state index in [1.54, 1.807) is 19.1 Å². The largest absolute Gasteiger partial charge is 0.399 e. The van der Waals surface area contributed by atoms with Gasteiger partial charge in [-0.3, -0.25) is 0 Å². The predicted molar refractivity (Wildman–Crippen MR) is 64.1 cm³/mol. The SMILES string of the molecule is CC(O)CCc1nc(-c2ccc(N)cc2)no1. The summed E-state index contributed by atoms with van der Waals surface area (Å²) < 4.78 is 5.10. The summed E-state index contributed by atoms with van der Waals surface area (Å²) >= 11 is 0. The number of hydrogen-bond acceptors (Lipinski definition) is 5. The van der Waals surface area contributed by atoms with Gasteiger partial charge in [0.15, 0.2) is 0 Å². The third kappa shape index (κ3) is 3.04. The van der Waals surface area contributed by atoms with Gasteiger partial charge < -0.3 is 15.4 Å². The van der Waals surface area contributed by atoms with Crippen LogP contribution in [0.15, 0.2) is 28.8 Å². The van der Waals surface area contributed by atoms with Crippen LogP contribution < -0.4 is 5.73 Å². The summed E-state index contributed by atoms with van der Waals surface area (Å²) in [4.78, 5) is 4.25. The monoisotopic (exact) mass is 233 g/mol. The molecule has 0 spiro atoms. The number of aliphatic hydroxyl groups is 1. The van der Waals surface area contributed by atoms with Gasteiger partial charge in [0, 0.05) is 17.7 Å². The number of nitrogens with two attached hydrogens (primary N) is 1. The van der Waals surface area contributed by atoms with Crippen molar-refractivity contribution in [3.05, 3.63) is 30.2 Å². The zero-order valence-corrected chi connectivity index (χ0v) is 9.63. The zero-order valence-electron chi connectivity index (χ0n) is 9.63. The summed E-state index contributed by atoms with van der Waals surface area (Å²) in [5.74, 6) is 1.09. The van der Waals surface area contributed by atoms with Crippen LogP contribution in [0, 0.1) is 0 Å². The third-order valence-corrected chi connectivity index (χ3v) is 2.41.